The van der Waals surface area contributed by atoms with Crippen molar-refractivity contribution in [2.75, 3.05) is 12.1 Å². The van der Waals surface area contributed by atoms with Crippen LogP contribution in [-0.4, -0.2) is 28.7 Å². The van der Waals surface area contributed by atoms with Crippen molar-refractivity contribution in [2.24, 2.45) is 0 Å². The maximum absolute atomic E-state index is 10.7. The lowest BCUT2D eigenvalue weighted by molar-refractivity contribution is 0.0693. The third-order valence-corrected chi connectivity index (χ3v) is 3.10. The third kappa shape index (κ3) is 6.92. The van der Waals surface area contributed by atoms with E-state index in [0.29, 0.717) is 12.3 Å². The Morgan fingerprint density at radius 2 is 1.95 bits per heavy atom. The van der Waals surface area contributed by atoms with E-state index in [1.807, 2.05) is 0 Å². The van der Waals surface area contributed by atoms with Gasteiger partial charge in [-0.15, -0.1) is 0 Å². The van der Waals surface area contributed by atoms with Crippen LogP contribution in [0.5, 0.6) is 5.75 Å². The van der Waals surface area contributed by atoms with Crippen molar-refractivity contribution in [3.63, 3.8) is 0 Å². The molecule has 0 saturated heterocycles. The molecular formula is C16H21NO5. The third-order valence-electron chi connectivity index (χ3n) is 3.10. The highest BCUT2D eigenvalue weighted by atomic mass is 16.6. The molecule has 1 rings (SSSR count). The Balaban J connectivity index is 2.11. The number of carbonyl (C=O) groups is 1. The van der Waals surface area contributed by atoms with E-state index in [9.17, 15) is 14.7 Å². The largest absolute Gasteiger partial charge is 0.507 e. The molecule has 0 fully saturated rings. The van der Waals surface area contributed by atoms with Gasteiger partial charge in [0.2, 0.25) is 0 Å². The van der Waals surface area contributed by atoms with Gasteiger partial charge in [0.15, 0.2) is 0 Å². The van der Waals surface area contributed by atoms with Crippen LogP contribution in [0.4, 0.5) is 5.69 Å². The maximum atomic E-state index is 10.7. The Morgan fingerprint density at radius 1 is 1.23 bits per heavy atom. The summed E-state index contributed by atoms with van der Waals surface area (Å²) in [6, 6.07) is 4.16. The molecule has 22 heavy (non-hydrogen) atoms. The van der Waals surface area contributed by atoms with Crippen LogP contribution in [0.1, 0.15) is 48.9 Å². The van der Waals surface area contributed by atoms with Gasteiger partial charge in [-0.25, -0.2) is 9.59 Å². The van der Waals surface area contributed by atoms with Gasteiger partial charge in [-0.1, -0.05) is 19.3 Å². The zero-order valence-electron chi connectivity index (χ0n) is 12.4. The SMILES string of the molecule is O=C=CCCCCCCCONc1ccc(C(=O)O)c(O)c1. The molecule has 0 spiro atoms. The van der Waals surface area contributed by atoms with Gasteiger partial charge in [0.25, 0.3) is 0 Å². The second-order valence-electron chi connectivity index (χ2n) is 4.87. The summed E-state index contributed by atoms with van der Waals surface area (Å²) in [5.41, 5.74) is 3.03. The Labute approximate surface area is 129 Å². The number of allylic oxidation sites excluding steroid dienone is 1. The molecule has 6 nitrogen and oxygen atoms in total. The lowest BCUT2D eigenvalue weighted by Crippen LogP contribution is -2.04. The van der Waals surface area contributed by atoms with Crippen LogP contribution in [0.3, 0.4) is 0 Å². The Hall–Kier alpha value is -2.30. The second kappa shape index (κ2) is 10.4. The van der Waals surface area contributed by atoms with Gasteiger partial charge in [0.1, 0.15) is 17.3 Å². The average Bonchev–Trinajstić information content (AvgIpc) is 2.49. The molecule has 120 valence electrons. The number of carbonyl (C=O) groups excluding carboxylic acids is 1. The van der Waals surface area contributed by atoms with Gasteiger partial charge in [-0.3, -0.25) is 10.3 Å². The number of hydrogen-bond donors (Lipinski definition) is 3. The van der Waals surface area contributed by atoms with Crippen LogP contribution in [0.25, 0.3) is 0 Å². The minimum absolute atomic E-state index is 0.144. The van der Waals surface area contributed by atoms with E-state index in [4.69, 9.17) is 9.94 Å². The first-order valence-electron chi connectivity index (χ1n) is 7.28. The quantitative estimate of drug-likeness (QED) is 0.330. The second-order valence-corrected chi connectivity index (χ2v) is 4.87. The van der Waals surface area contributed by atoms with Gasteiger partial charge in [-0.05, 0) is 37.5 Å². The van der Waals surface area contributed by atoms with Crippen molar-refractivity contribution in [3.8, 4) is 5.75 Å². The van der Waals surface area contributed by atoms with E-state index in [1.54, 1.807) is 5.94 Å². The summed E-state index contributed by atoms with van der Waals surface area (Å²) in [4.78, 5) is 26.0. The summed E-state index contributed by atoms with van der Waals surface area (Å²) < 4.78 is 0. The van der Waals surface area contributed by atoms with E-state index in [0.717, 1.165) is 38.5 Å². The number of carboxylic acid groups (broad SMARTS) is 1. The zero-order chi connectivity index (χ0) is 16.2. The maximum Gasteiger partial charge on any atom is 0.339 e. The molecule has 0 aliphatic heterocycles. The van der Waals surface area contributed by atoms with Gasteiger partial charge in [0, 0.05) is 6.07 Å². The predicted molar refractivity (Wildman–Crippen MR) is 82.6 cm³/mol. The fraction of sp³-hybridized carbons (Fsp3) is 0.438. The average molecular weight is 307 g/mol. The number of phenols is 1. The van der Waals surface area contributed by atoms with Crippen LogP contribution in [-0.2, 0) is 9.63 Å². The summed E-state index contributed by atoms with van der Waals surface area (Å²) in [5, 5.41) is 18.3. The van der Waals surface area contributed by atoms with E-state index in [1.165, 1.54) is 24.3 Å². The number of benzene rings is 1. The Morgan fingerprint density at radius 3 is 2.64 bits per heavy atom. The number of aromatic hydroxyl groups is 1. The molecule has 6 heteroatoms. The van der Waals surface area contributed by atoms with Gasteiger partial charge in [-0.2, -0.15) is 0 Å². The first-order valence-corrected chi connectivity index (χ1v) is 7.28. The molecule has 0 aromatic heterocycles. The molecule has 0 saturated carbocycles. The Bertz CT molecular complexity index is 523. The number of unbranched alkanes of at least 4 members (excludes halogenated alkanes) is 5. The van der Waals surface area contributed by atoms with E-state index in [2.05, 4.69) is 5.48 Å². The fourth-order valence-corrected chi connectivity index (χ4v) is 1.92. The van der Waals surface area contributed by atoms with Crippen molar-refractivity contribution in [1.82, 2.24) is 0 Å². The summed E-state index contributed by atoms with van der Waals surface area (Å²) in [6.45, 7) is 0.523. The number of nitrogens with one attached hydrogen (secondary N) is 1. The van der Waals surface area contributed by atoms with Gasteiger partial charge in [0.05, 0.1) is 12.3 Å². The highest BCUT2D eigenvalue weighted by Crippen LogP contribution is 2.21. The number of anilines is 1. The smallest absolute Gasteiger partial charge is 0.339 e. The van der Waals surface area contributed by atoms with E-state index < -0.39 is 5.97 Å². The summed E-state index contributed by atoms with van der Waals surface area (Å²) in [6.07, 6.45) is 7.41. The number of rotatable bonds is 11. The lowest BCUT2D eigenvalue weighted by Gasteiger charge is -2.08. The summed E-state index contributed by atoms with van der Waals surface area (Å²) in [7, 11) is 0. The van der Waals surface area contributed by atoms with Crippen LogP contribution >= 0.6 is 0 Å². The molecule has 0 aliphatic carbocycles. The minimum atomic E-state index is -1.17. The number of hydrogen-bond acceptors (Lipinski definition) is 5. The Kier molecular flexibility index (Phi) is 8.42. The van der Waals surface area contributed by atoms with E-state index >= 15 is 0 Å². The number of aromatic carboxylic acids is 1. The first-order chi connectivity index (χ1) is 10.6. The molecule has 1 aromatic carbocycles. The van der Waals surface area contributed by atoms with Gasteiger partial charge >= 0.3 is 5.97 Å². The van der Waals surface area contributed by atoms with E-state index in [-0.39, 0.29) is 11.3 Å². The summed E-state index contributed by atoms with van der Waals surface area (Å²) in [5.74, 6) is 0.289. The standard InChI is InChI=1S/C16H21NO5/c18-10-6-4-2-1-3-5-7-11-22-17-13-8-9-14(16(20)21)15(19)12-13/h6,8-9,12,17,19H,1-5,7,11H2,(H,20,21). The van der Waals surface area contributed by atoms with Gasteiger partial charge < -0.3 is 10.2 Å². The minimum Gasteiger partial charge on any atom is -0.507 e. The molecular weight excluding hydrogens is 286 g/mol. The monoisotopic (exact) mass is 307 g/mol. The van der Waals surface area contributed by atoms with Crippen LogP contribution < -0.4 is 5.48 Å². The molecule has 0 aliphatic rings. The predicted octanol–water partition coefficient (Wildman–Crippen LogP) is 3.16. The first kappa shape index (κ1) is 17.8. The van der Waals surface area contributed by atoms with Crippen LogP contribution in [0.2, 0.25) is 0 Å². The lowest BCUT2D eigenvalue weighted by atomic mass is 10.1. The number of carboxylic acids is 1. The molecule has 0 atom stereocenters. The molecule has 0 bridgehead atoms. The zero-order valence-corrected chi connectivity index (χ0v) is 12.4. The van der Waals surface area contributed by atoms with Crippen molar-refractivity contribution < 1.29 is 24.6 Å². The molecule has 0 amide bonds. The molecule has 0 radical (unpaired) electrons. The topological polar surface area (TPSA) is 95.9 Å². The van der Waals surface area contributed by atoms with Crippen LogP contribution in [0, 0.1) is 0 Å². The van der Waals surface area contributed by atoms with Crippen LogP contribution in [0.15, 0.2) is 24.3 Å². The van der Waals surface area contributed by atoms with Crippen molar-refractivity contribution in [2.45, 2.75) is 38.5 Å². The molecule has 0 heterocycles. The highest BCUT2D eigenvalue weighted by Gasteiger charge is 2.09. The van der Waals surface area contributed by atoms with Crippen molar-refractivity contribution in [1.29, 1.82) is 0 Å². The normalized spacial score (nSPS) is 10.0. The molecule has 3 N–H and O–H groups in total. The summed E-state index contributed by atoms with van der Waals surface area (Å²) >= 11 is 0. The highest BCUT2D eigenvalue weighted by molar-refractivity contribution is 5.91. The fourth-order valence-electron chi connectivity index (χ4n) is 1.92. The van der Waals surface area contributed by atoms with Crippen molar-refractivity contribution >= 4 is 17.6 Å². The molecule has 1 aromatic rings. The van der Waals surface area contributed by atoms with Crippen molar-refractivity contribution in [3.05, 3.63) is 29.8 Å². The molecule has 0 unspecified atom stereocenters.